The molecule has 1 rings (SSSR count). The number of aliphatic hydroxyl groups excluding tert-OH is 1. The molecular formula is C12H18O8. The zero-order valence-electron chi connectivity index (χ0n) is 11.5. The summed E-state index contributed by atoms with van der Waals surface area (Å²) in [5.41, 5.74) is 0. The molecule has 0 aliphatic carbocycles. The van der Waals surface area contributed by atoms with Gasteiger partial charge in [0.2, 0.25) is 0 Å². The SMILES string of the molecule is CC(=O)OCC1OC(CO)C(OC(C)=O)C1OC(C)=O. The lowest BCUT2D eigenvalue weighted by molar-refractivity contribution is -0.165. The Hall–Kier alpha value is -1.67. The van der Waals surface area contributed by atoms with Crippen LogP contribution in [0.25, 0.3) is 0 Å². The summed E-state index contributed by atoms with van der Waals surface area (Å²) in [5.74, 6) is -1.71. The molecule has 4 unspecified atom stereocenters. The second-order valence-corrected chi connectivity index (χ2v) is 4.35. The summed E-state index contributed by atoms with van der Waals surface area (Å²) in [7, 11) is 0. The first-order valence-corrected chi connectivity index (χ1v) is 6.09. The molecule has 1 aliphatic heterocycles. The minimum absolute atomic E-state index is 0.165. The Kier molecular flexibility index (Phi) is 5.90. The minimum Gasteiger partial charge on any atom is -0.463 e. The highest BCUT2D eigenvalue weighted by Crippen LogP contribution is 2.27. The Morgan fingerprint density at radius 3 is 1.85 bits per heavy atom. The van der Waals surface area contributed by atoms with Crippen molar-refractivity contribution < 1.29 is 38.4 Å². The van der Waals surface area contributed by atoms with Gasteiger partial charge < -0.3 is 24.1 Å². The summed E-state index contributed by atoms with van der Waals surface area (Å²) in [6, 6.07) is 0. The van der Waals surface area contributed by atoms with Gasteiger partial charge in [-0.3, -0.25) is 14.4 Å². The standard InChI is InChI=1S/C12H18O8/c1-6(14)17-5-10-12(19-8(3)16)11(18-7(2)15)9(4-13)20-10/h9-13H,4-5H2,1-3H3. The second-order valence-electron chi connectivity index (χ2n) is 4.35. The largest absolute Gasteiger partial charge is 0.463 e. The first-order valence-electron chi connectivity index (χ1n) is 6.09. The molecule has 0 aromatic carbocycles. The molecule has 1 fully saturated rings. The maximum absolute atomic E-state index is 11.1. The predicted octanol–water partition coefficient (Wildman–Crippen LogP) is -0.827. The van der Waals surface area contributed by atoms with E-state index in [9.17, 15) is 19.5 Å². The molecule has 0 aromatic heterocycles. The van der Waals surface area contributed by atoms with Crippen LogP contribution in [0.1, 0.15) is 20.8 Å². The van der Waals surface area contributed by atoms with E-state index in [1.54, 1.807) is 0 Å². The number of hydrogen-bond donors (Lipinski definition) is 1. The van der Waals surface area contributed by atoms with Crippen molar-refractivity contribution in [2.75, 3.05) is 13.2 Å². The normalized spacial score (nSPS) is 28.8. The molecule has 1 N–H and O–H groups in total. The van der Waals surface area contributed by atoms with E-state index >= 15 is 0 Å². The van der Waals surface area contributed by atoms with Crippen LogP contribution in [0.3, 0.4) is 0 Å². The zero-order chi connectivity index (χ0) is 15.3. The molecule has 20 heavy (non-hydrogen) atoms. The van der Waals surface area contributed by atoms with E-state index in [-0.39, 0.29) is 6.61 Å². The van der Waals surface area contributed by atoms with Crippen LogP contribution in [-0.2, 0) is 33.3 Å². The maximum atomic E-state index is 11.1. The second kappa shape index (κ2) is 7.20. The van der Waals surface area contributed by atoms with Crippen molar-refractivity contribution in [1.29, 1.82) is 0 Å². The van der Waals surface area contributed by atoms with E-state index in [4.69, 9.17) is 18.9 Å². The molecule has 0 bridgehead atoms. The molecule has 1 heterocycles. The van der Waals surface area contributed by atoms with Crippen LogP contribution >= 0.6 is 0 Å². The van der Waals surface area contributed by atoms with Gasteiger partial charge in [0.1, 0.15) is 18.8 Å². The van der Waals surface area contributed by atoms with Gasteiger partial charge in [-0.1, -0.05) is 0 Å². The van der Waals surface area contributed by atoms with Crippen LogP contribution in [0, 0.1) is 0 Å². The van der Waals surface area contributed by atoms with Crippen molar-refractivity contribution in [1.82, 2.24) is 0 Å². The highest BCUT2D eigenvalue weighted by molar-refractivity contribution is 5.68. The van der Waals surface area contributed by atoms with Crippen LogP contribution in [0.5, 0.6) is 0 Å². The lowest BCUT2D eigenvalue weighted by Crippen LogP contribution is -2.41. The van der Waals surface area contributed by atoms with E-state index in [0.29, 0.717) is 0 Å². The molecular weight excluding hydrogens is 272 g/mol. The highest BCUT2D eigenvalue weighted by Gasteiger charge is 2.49. The predicted molar refractivity (Wildman–Crippen MR) is 63.5 cm³/mol. The molecule has 0 spiro atoms. The topological polar surface area (TPSA) is 108 Å². The fraction of sp³-hybridized carbons (Fsp3) is 0.750. The van der Waals surface area contributed by atoms with Crippen molar-refractivity contribution in [3.63, 3.8) is 0 Å². The molecule has 0 amide bonds. The average Bonchev–Trinajstić information content (AvgIpc) is 2.63. The summed E-state index contributed by atoms with van der Waals surface area (Å²) < 4.78 is 20.3. The number of hydrogen-bond acceptors (Lipinski definition) is 8. The third kappa shape index (κ3) is 4.46. The third-order valence-corrected chi connectivity index (χ3v) is 2.64. The van der Waals surface area contributed by atoms with Gasteiger partial charge in [0.05, 0.1) is 6.61 Å². The smallest absolute Gasteiger partial charge is 0.303 e. The molecule has 0 aromatic rings. The summed E-state index contributed by atoms with van der Waals surface area (Å²) in [6.07, 6.45) is -3.53. The molecule has 114 valence electrons. The number of aliphatic hydroxyl groups is 1. The first kappa shape index (κ1) is 16.4. The highest BCUT2D eigenvalue weighted by atomic mass is 16.7. The van der Waals surface area contributed by atoms with Crippen molar-refractivity contribution in [2.24, 2.45) is 0 Å². The summed E-state index contributed by atoms with van der Waals surface area (Å²) in [4.78, 5) is 33.0. The molecule has 8 nitrogen and oxygen atoms in total. The third-order valence-electron chi connectivity index (χ3n) is 2.64. The Labute approximate surface area is 115 Å². The Bertz CT molecular complexity index is 380. The van der Waals surface area contributed by atoms with Crippen molar-refractivity contribution in [3.05, 3.63) is 0 Å². The monoisotopic (exact) mass is 290 g/mol. The lowest BCUT2D eigenvalue weighted by atomic mass is 10.1. The number of carbonyl (C=O) groups is 3. The van der Waals surface area contributed by atoms with Crippen LogP contribution < -0.4 is 0 Å². The fourth-order valence-corrected chi connectivity index (χ4v) is 1.95. The molecule has 4 atom stereocenters. The molecule has 0 saturated carbocycles. The van der Waals surface area contributed by atoms with E-state index < -0.39 is 48.9 Å². The van der Waals surface area contributed by atoms with E-state index in [1.807, 2.05) is 0 Å². The Balaban J connectivity index is 2.84. The maximum Gasteiger partial charge on any atom is 0.303 e. The van der Waals surface area contributed by atoms with Crippen LogP contribution in [-0.4, -0.2) is 60.6 Å². The Morgan fingerprint density at radius 1 is 0.950 bits per heavy atom. The number of rotatable bonds is 5. The van der Waals surface area contributed by atoms with Gasteiger partial charge in [-0.2, -0.15) is 0 Å². The number of carbonyl (C=O) groups excluding carboxylic acids is 3. The first-order chi connectivity index (χ1) is 9.35. The van der Waals surface area contributed by atoms with Crippen molar-refractivity contribution in [2.45, 2.75) is 45.2 Å². The zero-order valence-corrected chi connectivity index (χ0v) is 11.5. The molecule has 0 radical (unpaired) electrons. The average molecular weight is 290 g/mol. The minimum atomic E-state index is -0.943. The summed E-state index contributed by atoms with van der Waals surface area (Å²) >= 11 is 0. The van der Waals surface area contributed by atoms with E-state index in [2.05, 4.69) is 0 Å². The van der Waals surface area contributed by atoms with Gasteiger partial charge in [-0.25, -0.2) is 0 Å². The number of ether oxygens (including phenoxy) is 4. The molecule has 1 saturated heterocycles. The van der Waals surface area contributed by atoms with Gasteiger partial charge >= 0.3 is 17.9 Å². The van der Waals surface area contributed by atoms with Gasteiger partial charge in [0.15, 0.2) is 12.2 Å². The van der Waals surface area contributed by atoms with Crippen LogP contribution in [0.2, 0.25) is 0 Å². The lowest BCUT2D eigenvalue weighted by Gasteiger charge is -2.22. The van der Waals surface area contributed by atoms with Gasteiger partial charge in [0.25, 0.3) is 0 Å². The van der Waals surface area contributed by atoms with E-state index in [1.165, 1.54) is 20.8 Å². The number of esters is 3. The van der Waals surface area contributed by atoms with Gasteiger partial charge in [-0.05, 0) is 0 Å². The fourth-order valence-electron chi connectivity index (χ4n) is 1.95. The Morgan fingerprint density at radius 2 is 1.45 bits per heavy atom. The quantitative estimate of drug-likeness (QED) is 0.516. The molecule has 1 aliphatic rings. The summed E-state index contributed by atoms with van der Waals surface area (Å²) in [5, 5.41) is 9.23. The van der Waals surface area contributed by atoms with Crippen molar-refractivity contribution >= 4 is 17.9 Å². The van der Waals surface area contributed by atoms with E-state index in [0.717, 1.165) is 0 Å². The molecule has 8 heteroatoms. The summed E-state index contributed by atoms with van der Waals surface area (Å²) in [6.45, 7) is 3.02. The van der Waals surface area contributed by atoms with Crippen LogP contribution in [0.15, 0.2) is 0 Å². The van der Waals surface area contributed by atoms with Crippen molar-refractivity contribution in [3.8, 4) is 0 Å². The van der Waals surface area contributed by atoms with Gasteiger partial charge in [-0.15, -0.1) is 0 Å². The van der Waals surface area contributed by atoms with Crippen LogP contribution in [0.4, 0.5) is 0 Å². The van der Waals surface area contributed by atoms with Gasteiger partial charge in [0, 0.05) is 20.8 Å².